The van der Waals surface area contributed by atoms with Gasteiger partial charge in [0.25, 0.3) is 6.43 Å². The highest BCUT2D eigenvalue weighted by atomic mass is 19.3. The van der Waals surface area contributed by atoms with E-state index in [1.54, 1.807) is 7.05 Å². The van der Waals surface area contributed by atoms with Gasteiger partial charge < -0.3 is 10.1 Å². The first-order valence-electron chi connectivity index (χ1n) is 5.65. The third-order valence-electron chi connectivity index (χ3n) is 2.69. The molecule has 2 nitrogen and oxygen atoms in total. The fraction of sp³-hybridized carbons (Fsp3) is 0.538. The molecule has 0 aliphatic rings. The summed E-state index contributed by atoms with van der Waals surface area (Å²) in [6, 6.07) is 6.07. The molecule has 0 bridgehead atoms. The van der Waals surface area contributed by atoms with E-state index in [9.17, 15) is 8.78 Å². The Hall–Kier alpha value is -1.00. The summed E-state index contributed by atoms with van der Waals surface area (Å²) in [5, 5.41) is 3.09. The molecule has 1 aromatic carbocycles. The number of nitrogens with one attached hydrogen (secondary N) is 1. The molecule has 1 unspecified atom stereocenters. The Bertz CT molecular complexity index is 355. The van der Waals surface area contributed by atoms with E-state index in [2.05, 4.69) is 11.4 Å². The number of alkyl halides is 2. The molecule has 1 N–H and O–H groups in total. The van der Waals surface area contributed by atoms with Gasteiger partial charge in [0, 0.05) is 0 Å². The van der Waals surface area contributed by atoms with E-state index in [0.29, 0.717) is 0 Å². The maximum Gasteiger partial charge on any atom is 0.261 e. The predicted molar refractivity (Wildman–Crippen MR) is 64.5 cm³/mol. The quantitative estimate of drug-likeness (QED) is 0.829. The number of benzene rings is 1. The Kier molecular flexibility index (Phi) is 5.51. The smallest absolute Gasteiger partial charge is 0.261 e. The van der Waals surface area contributed by atoms with Gasteiger partial charge >= 0.3 is 0 Å². The number of hydrogen-bond donors (Lipinski definition) is 1. The van der Waals surface area contributed by atoms with Crippen LogP contribution in [0.1, 0.15) is 22.7 Å². The van der Waals surface area contributed by atoms with Crippen molar-refractivity contribution in [2.45, 2.75) is 26.3 Å². The summed E-state index contributed by atoms with van der Waals surface area (Å²) >= 11 is 0. The zero-order valence-electron chi connectivity index (χ0n) is 10.5. The third-order valence-corrected chi connectivity index (χ3v) is 2.69. The monoisotopic (exact) mass is 243 g/mol. The van der Waals surface area contributed by atoms with Crippen LogP contribution in [0.4, 0.5) is 8.78 Å². The number of aryl methyl sites for hydroxylation is 2. The van der Waals surface area contributed by atoms with Crippen molar-refractivity contribution in [3.05, 3.63) is 34.9 Å². The van der Waals surface area contributed by atoms with Crippen molar-refractivity contribution in [1.29, 1.82) is 0 Å². The zero-order chi connectivity index (χ0) is 12.8. The zero-order valence-corrected chi connectivity index (χ0v) is 10.5. The number of halogens is 2. The second-order valence-corrected chi connectivity index (χ2v) is 4.13. The molecule has 96 valence electrons. The summed E-state index contributed by atoms with van der Waals surface area (Å²) in [7, 11) is 1.80. The summed E-state index contributed by atoms with van der Waals surface area (Å²) in [6.45, 7) is 3.76. The van der Waals surface area contributed by atoms with Crippen molar-refractivity contribution < 1.29 is 13.5 Å². The Labute approximate surface area is 101 Å². The molecule has 4 heteroatoms. The van der Waals surface area contributed by atoms with Gasteiger partial charge in [0.15, 0.2) is 0 Å². The lowest BCUT2D eigenvalue weighted by molar-refractivity contribution is 0.00980. The lowest BCUT2D eigenvalue weighted by atomic mass is 9.99. The number of hydrogen-bond acceptors (Lipinski definition) is 2. The second-order valence-electron chi connectivity index (χ2n) is 4.13. The minimum Gasteiger partial charge on any atom is -0.374 e. The predicted octanol–water partition coefficient (Wildman–Crippen LogP) is 2.85. The second kappa shape index (κ2) is 6.67. The molecule has 0 spiro atoms. The average molecular weight is 243 g/mol. The van der Waals surface area contributed by atoms with Crippen molar-refractivity contribution in [1.82, 2.24) is 5.32 Å². The number of likely N-dealkylation sites (N-methyl/N-ethyl adjacent to an activating group) is 1. The summed E-state index contributed by atoms with van der Waals surface area (Å²) in [6.07, 6.45) is -2.41. The Morgan fingerprint density at radius 3 is 2.53 bits per heavy atom. The first-order valence-corrected chi connectivity index (χ1v) is 5.65. The van der Waals surface area contributed by atoms with Gasteiger partial charge in [-0.3, -0.25) is 0 Å². The highest BCUT2D eigenvalue weighted by Gasteiger charge is 2.13. The van der Waals surface area contributed by atoms with Crippen LogP contribution in [-0.4, -0.2) is 26.7 Å². The van der Waals surface area contributed by atoms with Crippen LogP contribution in [0.25, 0.3) is 0 Å². The lowest BCUT2D eigenvalue weighted by Crippen LogP contribution is -2.24. The van der Waals surface area contributed by atoms with Crippen LogP contribution in [0.15, 0.2) is 18.2 Å². The van der Waals surface area contributed by atoms with Crippen molar-refractivity contribution in [2.75, 3.05) is 20.3 Å². The van der Waals surface area contributed by atoms with E-state index in [-0.39, 0.29) is 12.6 Å². The molecule has 17 heavy (non-hydrogen) atoms. The van der Waals surface area contributed by atoms with Gasteiger partial charge in [0.2, 0.25) is 0 Å². The fourth-order valence-corrected chi connectivity index (χ4v) is 1.74. The topological polar surface area (TPSA) is 21.3 Å². The molecule has 1 rings (SSSR count). The van der Waals surface area contributed by atoms with Crippen LogP contribution in [0.3, 0.4) is 0 Å². The van der Waals surface area contributed by atoms with Crippen LogP contribution >= 0.6 is 0 Å². The standard InChI is InChI=1S/C13H19F2NO/c1-9-4-5-10(2)11(6-9)12(16-3)7-17-8-13(14)15/h4-6,12-13,16H,7-8H2,1-3H3. The van der Waals surface area contributed by atoms with E-state index in [1.807, 2.05) is 26.0 Å². The molecule has 0 aliphatic carbocycles. The molecule has 1 aromatic rings. The van der Waals surface area contributed by atoms with Crippen LogP contribution < -0.4 is 5.32 Å². The number of ether oxygens (including phenoxy) is 1. The fourth-order valence-electron chi connectivity index (χ4n) is 1.74. The molecular weight excluding hydrogens is 224 g/mol. The molecular formula is C13H19F2NO. The average Bonchev–Trinajstić information content (AvgIpc) is 2.28. The molecule has 0 amide bonds. The molecule has 0 heterocycles. The van der Waals surface area contributed by atoms with Gasteiger partial charge in [-0.25, -0.2) is 8.78 Å². The molecule has 0 aromatic heterocycles. The highest BCUT2D eigenvalue weighted by Crippen LogP contribution is 2.19. The Morgan fingerprint density at radius 1 is 1.24 bits per heavy atom. The first kappa shape index (κ1) is 14.1. The highest BCUT2D eigenvalue weighted by molar-refractivity contribution is 5.33. The minimum absolute atomic E-state index is 0.0475. The van der Waals surface area contributed by atoms with Crippen LogP contribution in [0.5, 0.6) is 0 Å². The summed E-state index contributed by atoms with van der Waals surface area (Å²) in [5.41, 5.74) is 3.39. The van der Waals surface area contributed by atoms with E-state index < -0.39 is 13.0 Å². The van der Waals surface area contributed by atoms with E-state index in [0.717, 1.165) is 16.7 Å². The third kappa shape index (κ3) is 4.40. The van der Waals surface area contributed by atoms with Crippen molar-refractivity contribution >= 4 is 0 Å². The van der Waals surface area contributed by atoms with Gasteiger partial charge in [-0.05, 0) is 32.0 Å². The number of rotatable bonds is 6. The summed E-state index contributed by atoms with van der Waals surface area (Å²) in [5.74, 6) is 0. The van der Waals surface area contributed by atoms with E-state index >= 15 is 0 Å². The summed E-state index contributed by atoms with van der Waals surface area (Å²) < 4.78 is 29.0. The van der Waals surface area contributed by atoms with Gasteiger partial charge in [-0.2, -0.15) is 0 Å². The van der Waals surface area contributed by atoms with Crippen LogP contribution in [-0.2, 0) is 4.74 Å². The van der Waals surface area contributed by atoms with Crippen LogP contribution in [0.2, 0.25) is 0 Å². The normalized spacial score (nSPS) is 13.1. The molecule has 0 saturated heterocycles. The van der Waals surface area contributed by atoms with Crippen molar-refractivity contribution in [2.24, 2.45) is 0 Å². The molecule has 0 radical (unpaired) electrons. The van der Waals surface area contributed by atoms with Gasteiger partial charge in [-0.1, -0.05) is 23.8 Å². The SMILES string of the molecule is CNC(COCC(F)F)c1cc(C)ccc1C. The largest absolute Gasteiger partial charge is 0.374 e. The van der Waals surface area contributed by atoms with E-state index in [4.69, 9.17) is 4.74 Å². The lowest BCUT2D eigenvalue weighted by Gasteiger charge is -2.19. The molecule has 0 fully saturated rings. The van der Waals surface area contributed by atoms with Gasteiger partial charge in [0.1, 0.15) is 6.61 Å². The van der Waals surface area contributed by atoms with Gasteiger partial charge in [-0.15, -0.1) is 0 Å². The summed E-state index contributed by atoms with van der Waals surface area (Å²) in [4.78, 5) is 0. The molecule has 0 saturated carbocycles. The molecule has 1 atom stereocenters. The Balaban J connectivity index is 2.68. The Morgan fingerprint density at radius 2 is 1.94 bits per heavy atom. The molecule has 0 aliphatic heterocycles. The maximum absolute atomic E-state index is 12.0. The van der Waals surface area contributed by atoms with Gasteiger partial charge in [0.05, 0.1) is 12.6 Å². The van der Waals surface area contributed by atoms with E-state index in [1.165, 1.54) is 0 Å². The maximum atomic E-state index is 12.0. The van der Waals surface area contributed by atoms with Crippen LogP contribution in [0, 0.1) is 13.8 Å². The minimum atomic E-state index is -2.41. The first-order chi connectivity index (χ1) is 8.04. The van der Waals surface area contributed by atoms with Crippen molar-refractivity contribution in [3.63, 3.8) is 0 Å². The van der Waals surface area contributed by atoms with Crippen molar-refractivity contribution in [3.8, 4) is 0 Å².